The zero-order valence-corrected chi connectivity index (χ0v) is 12.2. The topological polar surface area (TPSA) is 63.2 Å². The van der Waals surface area contributed by atoms with Crippen LogP contribution in [0.25, 0.3) is 0 Å². The largest absolute Gasteiger partial charge is 0.300 e. The Balaban J connectivity index is 2.05. The maximum Gasteiger partial charge on any atom is 0.250 e. The van der Waals surface area contributed by atoms with Crippen LogP contribution in [0.4, 0.5) is 0 Å². The molecule has 0 aliphatic heterocycles. The molecule has 0 saturated heterocycles. The molecule has 1 aromatic rings. The van der Waals surface area contributed by atoms with Crippen LogP contribution in [0.1, 0.15) is 25.7 Å². The quantitative estimate of drug-likeness (QED) is 0.920. The first-order valence-corrected chi connectivity index (χ1v) is 8.36. The Kier molecular flexibility index (Phi) is 4.02. The van der Waals surface area contributed by atoms with Crippen LogP contribution >= 0.6 is 27.3 Å². The van der Waals surface area contributed by atoms with Crippen molar-refractivity contribution in [2.75, 3.05) is 0 Å². The molecule has 1 heterocycles. The van der Waals surface area contributed by atoms with Gasteiger partial charge in [0.2, 0.25) is 10.0 Å². The van der Waals surface area contributed by atoms with Gasteiger partial charge in [0, 0.05) is 18.9 Å². The van der Waals surface area contributed by atoms with Crippen LogP contribution in [-0.2, 0) is 14.8 Å². The number of rotatable bonds is 3. The summed E-state index contributed by atoms with van der Waals surface area (Å²) < 4.78 is 27.7. The van der Waals surface area contributed by atoms with Crippen LogP contribution in [0.2, 0.25) is 0 Å². The van der Waals surface area contributed by atoms with Crippen molar-refractivity contribution in [3.05, 3.63) is 15.9 Å². The lowest BCUT2D eigenvalue weighted by Gasteiger charge is -2.21. The molecule has 2 rings (SSSR count). The van der Waals surface area contributed by atoms with Crippen LogP contribution < -0.4 is 4.72 Å². The van der Waals surface area contributed by atoms with Crippen molar-refractivity contribution in [2.24, 2.45) is 0 Å². The molecule has 1 aliphatic rings. The van der Waals surface area contributed by atoms with Gasteiger partial charge in [-0.2, -0.15) is 0 Å². The number of halogens is 1. The lowest BCUT2D eigenvalue weighted by Crippen LogP contribution is -2.37. The Hall–Kier alpha value is -0.240. The molecule has 1 aliphatic carbocycles. The van der Waals surface area contributed by atoms with Gasteiger partial charge in [-0.15, -0.1) is 11.3 Å². The van der Waals surface area contributed by atoms with Gasteiger partial charge in [0.15, 0.2) is 0 Å². The van der Waals surface area contributed by atoms with Crippen LogP contribution in [0, 0.1) is 0 Å². The molecule has 17 heavy (non-hydrogen) atoms. The SMILES string of the molecule is O=C1CCC(NS(=O)(=O)c2ccc(Br)s2)CC1. The summed E-state index contributed by atoms with van der Waals surface area (Å²) in [7, 11) is -3.43. The second kappa shape index (κ2) is 5.17. The van der Waals surface area contributed by atoms with E-state index < -0.39 is 10.0 Å². The minimum atomic E-state index is -3.43. The van der Waals surface area contributed by atoms with Gasteiger partial charge in [-0.25, -0.2) is 13.1 Å². The van der Waals surface area contributed by atoms with Gasteiger partial charge in [0.05, 0.1) is 3.79 Å². The van der Waals surface area contributed by atoms with Gasteiger partial charge >= 0.3 is 0 Å². The third-order valence-electron chi connectivity index (χ3n) is 2.68. The summed E-state index contributed by atoms with van der Waals surface area (Å²) in [6.45, 7) is 0. The lowest BCUT2D eigenvalue weighted by molar-refractivity contribution is -0.120. The summed E-state index contributed by atoms with van der Waals surface area (Å²) in [5.74, 6) is 0.222. The zero-order chi connectivity index (χ0) is 12.5. The fraction of sp³-hybridized carbons (Fsp3) is 0.500. The first-order valence-electron chi connectivity index (χ1n) is 5.27. The van der Waals surface area contributed by atoms with Gasteiger partial charge < -0.3 is 0 Å². The standard InChI is InChI=1S/C10H12BrNO3S2/c11-9-5-6-10(16-9)17(14,15)12-7-1-3-8(13)4-2-7/h5-7,12H,1-4H2. The number of ketones is 1. The van der Waals surface area contributed by atoms with Crippen molar-refractivity contribution in [3.63, 3.8) is 0 Å². The van der Waals surface area contributed by atoms with Crippen molar-refractivity contribution in [1.82, 2.24) is 4.72 Å². The molecule has 0 atom stereocenters. The van der Waals surface area contributed by atoms with E-state index in [0.29, 0.717) is 29.9 Å². The minimum Gasteiger partial charge on any atom is -0.300 e. The third kappa shape index (κ3) is 3.37. The number of thiophene rings is 1. The minimum absolute atomic E-state index is 0.112. The van der Waals surface area contributed by atoms with E-state index in [2.05, 4.69) is 20.7 Å². The van der Waals surface area contributed by atoms with Crippen molar-refractivity contribution in [2.45, 2.75) is 35.9 Å². The molecule has 1 saturated carbocycles. The monoisotopic (exact) mass is 337 g/mol. The van der Waals surface area contributed by atoms with Crippen LogP contribution in [0.15, 0.2) is 20.1 Å². The molecule has 0 unspecified atom stereocenters. The molecule has 0 aromatic carbocycles. The number of hydrogen-bond acceptors (Lipinski definition) is 4. The van der Waals surface area contributed by atoms with Crippen molar-refractivity contribution in [3.8, 4) is 0 Å². The predicted molar refractivity (Wildman–Crippen MR) is 69.6 cm³/mol. The molecule has 0 amide bonds. The van der Waals surface area contributed by atoms with Gasteiger partial charge in [0.25, 0.3) is 0 Å². The first kappa shape index (κ1) is 13.2. The number of carbonyl (C=O) groups is 1. The number of carbonyl (C=O) groups excluding carboxylic acids is 1. The molecule has 94 valence electrons. The summed E-state index contributed by atoms with van der Waals surface area (Å²) in [6.07, 6.45) is 2.15. The van der Waals surface area contributed by atoms with Gasteiger partial charge in [-0.1, -0.05) is 0 Å². The second-order valence-electron chi connectivity index (χ2n) is 3.99. The first-order chi connectivity index (χ1) is 7.97. The lowest BCUT2D eigenvalue weighted by atomic mass is 9.95. The van der Waals surface area contributed by atoms with Crippen LogP contribution in [0.3, 0.4) is 0 Å². The van der Waals surface area contributed by atoms with E-state index in [1.54, 1.807) is 12.1 Å². The number of Topliss-reactive ketones (excluding diaryl/α,β-unsaturated/α-hetero) is 1. The highest BCUT2D eigenvalue weighted by Crippen LogP contribution is 2.27. The Labute approximate surface area is 113 Å². The average molecular weight is 338 g/mol. The molecule has 1 fully saturated rings. The van der Waals surface area contributed by atoms with E-state index in [1.165, 1.54) is 11.3 Å². The van der Waals surface area contributed by atoms with Crippen molar-refractivity contribution in [1.29, 1.82) is 0 Å². The van der Waals surface area contributed by atoms with Crippen LogP contribution in [0.5, 0.6) is 0 Å². The summed E-state index contributed by atoms with van der Waals surface area (Å²) in [6, 6.07) is 3.17. The predicted octanol–water partition coefficient (Wildman–Crippen LogP) is 2.30. The van der Waals surface area contributed by atoms with Crippen molar-refractivity contribution >= 4 is 43.1 Å². The third-order valence-corrected chi connectivity index (χ3v) is 6.31. The van der Waals surface area contributed by atoms with E-state index >= 15 is 0 Å². The highest BCUT2D eigenvalue weighted by atomic mass is 79.9. The molecule has 0 radical (unpaired) electrons. The summed E-state index contributed by atoms with van der Waals surface area (Å²) in [5, 5.41) is 0. The second-order valence-corrected chi connectivity index (χ2v) is 8.40. The smallest absolute Gasteiger partial charge is 0.250 e. The fourth-order valence-electron chi connectivity index (χ4n) is 1.78. The maximum atomic E-state index is 12.0. The zero-order valence-electron chi connectivity index (χ0n) is 8.98. The molecular weight excluding hydrogens is 326 g/mol. The molecule has 0 bridgehead atoms. The highest BCUT2D eigenvalue weighted by Gasteiger charge is 2.25. The number of nitrogens with one attached hydrogen (secondary N) is 1. The number of hydrogen-bond donors (Lipinski definition) is 1. The van der Waals surface area contributed by atoms with Gasteiger partial charge in [-0.05, 0) is 40.9 Å². The number of sulfonamides is 1. The maximum absolute atomic E-state index is 12.0. The molecule has 4 nitrogen and oxygen atoms in total. The van der Waals surface area contributed by atoms with Gasteiger partial charge in [-0.3, -0.25) is 4.79 Å². The average Bonchev–Trinajstić information content (AvgIpc) is 2.69. The summed E-state index contributed by atoms with van der Waals surface area (Å²) in [4.78, 5) is 11.1. The molecular formula is C10H12BrNO3S2. The normalized spacial score (nSPS) is 18.5. The Morgan fingerprint density at radius 3 is 2.47 bits per heavy atom. The molecule has 1 N–H and O–H groups in total. The summed E-state index contributed by atoms with van der Waals surface area (Å²) in [5.41, 5.74) is 0. The van der Waals surface area contributed by atoms with E-state index in [1.807, 2.05) is 0 Å². The van der Waals surface area contributed by atoms with Crippen molar-refractivity contribution < 1.29 is 13.2 Å². The van der Waals surface area contributed by atoms with Gasteiger partial charge in [0.1, 0.15) is 9.99 Å². The molecule has 7 heteroatoms. The Morgan fingerprint density at radius 2 is 1.94 bits per heavy atom. The Bertz CT molecular complexity index is 513. The van der Waals surface area contributed by atoms with E-state index in [4.69, 9.17) is 0 Å². The van der Waals surface area contributed by atoms with E-state index in [-0.39, 0.29) is 11.8 Å². The molecule has 1 aromatic heterocycles. The van der Waals surface area contributed by atoms with E-state index in [0.717, 1.165) is 3.79 Å². The molecule has 0 spiro atoms. The van der Waals surface area contributed by atoms with E-state index in [9.17, 15) is 13.2 Å². The fourth-order valence-corrected chi connectivity index (χ4v) is 5.11. The highest BCUT2D eigenvalue weighted by molar-refractivity contribution is 9.11. The van der Waals surface area contributed by atoms with Crippen LogP contribution in [-0.4, -0.2) is 20.2 Å². The summed E-state index contributed by atoms with van der Waals surface area (Å²) >= 11 is 4.42. The Morgan fingerprint density at radius 1 is 1.29 bits per heavy atom.